The zero-order valence-electron chi connectivity index (χ0n) is 15.8. The Morgan fingerprint density at radius 3 is 1.12 bits per heavy atom. The summed E-state index contributed by atoms with van der Waals surface area (Å²) < 4.78 is 8.98. The van der Waals surface area contributed by atoms with Gasteiger partial charge in [0.15, 0.2) is 0 Å². The van der Waals surface area contributed by atoms with E-state index in [1.807, 2.05) is 0 Å². The van der Waals surface area contributed by atoms with Crippen LogP contribution < -0.4 is 0 Å². The van der Waals surface area contributed by atoms with Gasteiger partial charge in [0.2, 0.25) is 0 Å². The molecule has 0 aromatic heterocycles. The molecular formula is C18H28O6. The average Bonchev–Trinajstić information content (AvgIpc) is 2.37. The van der Waals surface area contributed by atoms with Crippen molar-refractivity contribution in [2.45, 2.75) is 55.4 Å². The van der Waals surface area contributed by atoms with E-state index in [-0.39, 0.29) is 0 Å². The molecule has 0 aliphatic carbocycles. The summed E-state index contributed by atoms with van der Waals surface area (Å²) in [7, 11) is 0. The highest BCUT2D eigenvalue weighted by Gasteiger charge is 2.31. The zero-order chi connectivity index (χ0) is 19.6. The molecule has 0 fully saturated rings. The fraction of sp³-hybridized carbons (Fsp3) is 0.556. The van der Waals surface area contributed by atoms with Crippen LogP contribution in [0.4, 0.5) is 0 Å². The lowest BCUT2D eigenvalue weighted by Crippen LogP contribution is -2.31. The summed E-state index contributed by atoms with van der Waals surface area (Å²) in [6.45, 7) is 13.6. The van der Waals surface area contributed by atoms with E-state index in [9.17, 15) is 19.2 Å². The van der Waals surface area contributed by atoms with Crippen molar-refractivity contribution < 1.29 is 28.7 Å². The lowest BCUT2D eigenvalue weighted by molar-refractivity contribution is -0.171. The SMILES string of the molecule is C/C=C/C(=O)OC(=O)/C=C/C.CC(C)(C)C(=O)OC(=O)C(C)(C)C. The van der Waals surface area contributed by atoms with Gasteiger partial charge in [-0.25, -0.2) is 9.59 Å². The predicted molar refractivity (Wildman–Crippen MR) is 90.7 cm³/mol. The summed E-state index contributed by atoms with van der Waals surface area (Å²) in [6.07, 6.45) is 5.37. The molecule has 0 amide bonds. The Kier molecular flexibility index (Phi) is 10.5. The fourth-order valence-electron chi connectivity index (χ4n) is 0.830. The number of hydrogen-bond donors (Lipinski definition) is 0. The topological polar surface area (TPSA) is 86.7 Å². The monoisotopic (exact) mass is 340 g/mol. The number of allylic oxidation sites excluding steroid dienone is 2. The van der Waals surface area contributed by atoms with Crippen LogP contribution in [0.2, 0.25) is 0 Å². The van der Waals surface area contributed by atoms with Crippen LogP contribution in [0.25, 0.3) is 0 Å². The number of ether oxygens (including phenoxy) is 2. The Bertz CT molecular complexity index is 467. The van der Waals surface area contributed by atoms with Gasteiger partial charge in [-0.15, -0.1) is 0 Å². The van der Waals surface area contributed by atoms with Crippen molar-refractivity contribution in [3.8, 4) is 0 Å². The van der Waals surface area contributed by atoms with E-state index >= 15 is 0 Å². The Morgan fingerprint density at radius 1 is 0.625 bits per heavy atom. The summed E-state index contributed by atoms with van der Waals surface area (Å²) in [5, 5.41) is 0. The van der Waals surface area contributed by atoms with Crippen LogP contribution in [0, 0.1) is 10.8 Å². The molecule has 0 heterocycles. The molecule has 6 nitrogen and oxygen atoms in total. The minimum Gasteiger partial charge on any atom is -0.392 e. The number of hydrogen-bond acceptors (Lipinski definition) is 6. The van der Waals surface area contributed by atoms with Crippen molar-refractivity contribution in [2.75, 3.05) is 0 Å². The maximum Gasteiger partial charge on any atom is 0.338 e. The second-order valence-electron chi connectivity index (χ2n) is 6.92. The van der Waals surface area contributed by atoms with E-state index in [0.717, 1.165) is 0 Å². The first kappa shape index (κ1) is 24.0. The highest BCUT2D eigenvalue weighted by Crippen LogP contribution is 2.20. The van der Waals surface area contributed by atoms with Crippen molar-refractivity contribution in [2.24, 2.45) is 10.8 Å². The van der Waals surface area contributed by atoms with Gasteiger partial charge in [-0.2, -0.15) is 0 Å². The van der Waals surface area contributed by atoms with Gasteiger partial charge in [0.05, 0.1) is 10.8 Å². The third kappa shape index (κ3) is 12.3. The molecule has 136 valence electrons. The van der Waals surface area contributed by atoms with Crippen molar-refractivity contribution in [1.82, 2.24) is 0 Å². The normalized spacial score (nSPS) is 11.7. The van der Waals surface area contributed by atoms with E-state index in [2.05, 4.69) is 4.74 Å². The minimum atomic E-state index is -0.643. The molecule has 0 spiro atoms. The molecule has 0 aliphatic heterocycles. The van der Waals surface area contributed by atoms with Crippen molar-refractivity contribution >= 4 is 23.9 Å². The molecule has 0 bridgehead atoms. The molecule has 0 atom stereocenters. The van der Waals surface area contributed by atoms with E-state index in [1.54, 1.807) is 55.4 Å². The van der Waals surface area contributed by atoms with Crippen LogP contribution in [0.3, 0.4) is 0 Å². The Balaban J connectivity index is 0. The number of carbonyl (C=O) groups is 4. The van der Waals surface area contributed by atoms with Crippen LogP contribution in [0.1, 0.15) is 55.4 Å². The first-order valence-corrected chi connectivity index (χ1v) is 7.53. The maximum atomic E-state index is 11.3. The fourth-order valence-corrected chi connectivity index (χ4v) is 0.830. The first-order valence-electron chi connectivity index (χ1n) is 7.53. The van der Waals surface area contributed by atoms with Crippen LogP contribution >= 0.6 is 0 Å². The van der Waals surface area contributed by atoms with Gasteiger partial charge in [-0.3, -0.25) is 9.59 Å². The van der Waals surface area contributed by atoms with Crippen LogP contribution in [-0.2, 0) is 28.7 Å². The summed E-state index contributed by atoms with van der Waals surface area (Å²) >= 11 is 0. The quantitative estimate of drug-likeness (QED) is 0.435. The Hall–Kier alpha value is -2.24. The predicted octanol–water partition coefficient (Wildman–Crippen LogP) is 3.36. The molecule has 0 aromatic rings. The molecule has 0 unspecified atom stereocenters. The molecule has 6 heteroatoms. The number of carbonyl (C=O) groups excluding carboxylic acids is 4. The molecule has 24 heavy (non-hydrogen) atoms. The molecular weight excluding hydrogens is 312 g/mol. The largest absolute Gasteiger partial charge is 0.392 e. The molecule has 0 aromatic carbocycles. The van der Waals surface area contributed by atoms with Gasteiger partial charge in [0.1, 0.15) is 0 Å². The summed E-state index contributed by atoms with van der Waals surface area (Å²) in [5.74, 6) is -2.24. The molecule has 0 aliphatic rings. The van der Waals surface area contributed by atoms with Crippen molar-refractivity contribution in [3.63, 3.8) is 0 Å². The van der Waals surface area contributed by atoms with Gasteiger partial charge in [0, 0.05) is 12.2 Å². The number of rotatable bonds is 2. The minimum absolute atomic E-state index is 0.479. The zero-order valence-corrected chi connectivity index (χ0v) is 15.8. The van der Waals surface area contributed by atoms with Crippen molar-refractivity contribution in [3.05, 3.63) is 24.3 Å². The van der Waals surface area contributed by atoms with Crippen molar-refractivity contribution in [1.29, 1.82) is 0 Å². The van der Waals surface area contributed by atoms with Gasteiger partial charge in [0.25, 0.3) is 0 Å². The standard InChI is InChI=1S/C10H18O3.C8H10O3/c1-9(2,3)7(11)13-8(12)10(4,5)6;1-3-5-7(9)11-8(10)6-4-2/h1-6H3;3-6H,1-2H3/b;5-3+,6-4+. The smallest absolute Gasteiger partial charge is 0.338 e. The van der Waals surface area contributed by atoms with Gasteiger partial charge in [-0.05, 0) is 55.4 Å². The van der Waals surface area contributed by atoms with Crippen LogP contribution in [0.5, 0.6) is 0 Å². The molecule has 0 N–H and O–H groups in total. The maximum absolute atomic E-state index is 11.3. The number of esters is 4. The Morgan fingerprint density at radius 2 is 0.917 bits per heavy atom. The molecule has 0 rings (SSSR count). The summed E-state index contributed by atoms with van der Waals surface area (Å²) in [5.41, 5.74) is -1.25. The van der Waals surface area contributed by atoms with Crippen LogP contribution in [0.15, 0.2) is 24.3 Å². The van der Waals surface area contributed by atoms with Gasteiger partial charge < -0.3 is 9.47 Å². The Labute approximate surface area is 143 Å². The lowest BCUT2D eigenvalue weighted by atomic mass is 9.95. The molecule has 0 radical (unpaired) electrons. The first-order chi connectivity index (χ1) is 10.8. The molecule has 0 saturated heterocycles. The third-order valence-electron chi connectivity index (χ3n) is 2.22. The second kappa shape index (κ2) is 10.5. The lowest BCUT2D eigenvalue weighted by Gasteiger charge is -2.20. The highest BCUT2D eigenvalue weighted by molar-refractivity contribution is 5.96. The third-order valence-corrected chi connectivity index (χ3v) is 2.22. The van der Waals surface area contributed by atoms with E-state index in [1.165, 1.54) is 24.3 Å². The summed E-state index contributed by atoms with van der Waals surface area (Å²) in [4.78, 5) is 43.7. The van der Waals surface area contributed by atoms with Crippen LogP contribution in [-0.4, -0.2) is 23.9 Å². The average molecular weight is 340 g/mol. The van der Waals surface area contributed by atoms with Gasteiger partial charge >= 0.3 is 23.9 Å². The summed E-state index contributed by atoms with van der Waals surface area (Å²) in [6, 6.07) is 0. The second-order valence-corrected chi connectivity index (χ2v) is 6.92. The van der Waals surface area contributed by atoms with E-state index in [0.29, 0.717) is 0 Å². The van der Waals surface area contributed by atoms with E-state index < -0.39 is 34.7 Å². The van der Waals surface area contributed by atoms with E-state index in [4.69, 9.17) is 4.74 Å². The molecule has 0 saturated carbocycles. The van der Waals surface area contributed by atoms with Gasteiger partial charge in [-0.1, -0.05) is 12.2 Å². The highest BCUT2D eigenvalue weighted by atomic mass is 16.6.